The number of nitrogens with zero attached hydrogens (tertiary/aromatic N) is 4. The van der Waals surface area contributed by atoms with Gasteiger partial charge in [-0.25, -0.2) is 14.8 Å². The summed E-state index contributed by atoms with van der Waals surface area (Å²) in [6.45, 7) is 6.02. The van der Waals surface area contributed by atoms with E-state index in [0.29, 0.717) is 17.4 Å². The third-order valence-corrected chi connectivity index (χ3v) is 6.31. The van der Waals surface area contributed by atoms with Gasteiger partial charge < -0.3 is 20.9 Å². The van der Waals surface area contributed by atoms with Gasteiger partial charge in [0.2, 0.25) is 5.95 Å². The number of urea groups is 1. The van der Waals surface area contributed by atoms with Crippen molar-refractivity contribution in [2.24, 2.45) is 0 Å². The number of benzene rings is 1. The summed E-state index contributed by atoms with van der Waals surface area (Å²) in [5.41, 5.74) is 3.63. The van der Waals surface area contributed by atoms with E-state index in [0.717, 1.165) is 55.7 Å². The largest absolute Gasteiger partial charge is 0.369 e. The fourth-order valence-corrected chi connectivity index (χ4v) is 4.51. The minimum Gasteiger partial charge on any atom is -0.369 e. The first-order valence-electron chi connectivity index (χ1n) is 11.7. The molecule has 1 saturated carbocycles. The summed E-state index contributed by atoms with van der Waals surface area (Å²) in [7, 11) is 0. The van der Waals surface area contributed by atoms with Gasteiger partial charge in [-0.2, -0.15) is 4.98 Å². The van der Waals surface area contributed by atoms with Gasteiger partial charge in [0, 0.05) is 55.2 Å². The maximum Gasteiger partial charge on any atom is 0.320 e. The number of carbonyl (C=O) groups is 1. The predicted molar refractivity (Wildman–Crippen MR) is 131 cm³/mol. The van der Waals surface area contributed by atoms with E-state index in [1.807, 2.05) is 25.1 Å². The Kier molecular flexibility index (Phi) is 6.21. The van der Waals surface area contributed by atoms with Gasteiger partial charge in [0.05, 0.1) is 0 Å². The number of carbonyl (C=O) groups excluding carboxylic acids is 1. The molecule has 1 aliphatic carbocycles. The molecule has 33 heavy (non-hydrogen) atoms. The molecule has 2 fully saturated rings. The third kappa shape index (κ3) is 5.14. The molecule has 0 spiro atoms. The van der Waals surface area contributed by atoms with Gasteiger partial charge in [0.15, 0.2) is 5.65 Å². The second kappa shape index (κ2) is 9.58. The zero-order valence-corrected chi connectivity index (χ0v) is 18.9. The number of piperazine rings is 1. The Labute approximate surface area is 193 Å². The molecule has 1 aliphatic heterocycles. The second-order valence-electron chi connectivity index (χ2n) is 8.74. The molecule has 9 heteroatoms. The van der Waals surface area contributed by atoms with Crippen LogP contribution in [0, 0.1) is 6.92 Å². The predicted octanol–water partition coefficient (Wildman–Crippen LogP) is 3.55. The van der Waals surface area contributed by atoms with Crippen LogP contribution in [0.25, 0.3) is 11.0 Å². The highest BCUT2D eigenvalue weighted by Gasteiger charge is 2.18. The standard InChI is InChI=1S/C24H30N8O/c1-16-14-21(30-24(33)28-17-4-2-3-5-17)29-22-20(16)15-26-23(31-22)27-18-6-8-19(9-7-18)32-12-10-25-11-13-32/h6-9,14-15,17,25H,2-5,10-13H2,1H3,(H3,26,27,28,29,30,31,33). The van der Waals surface area contributed by atoms with Crippen molar-refractivity contribution in [3.05, 3.63) is 42.1 Å². The molecule has 0 bridgehead atoms. The fourth-order valence-electron chi connectivity index (χ4n) is 4.51. The highest BCUT2D eigenvalue weighted by atomic mass is 16.2. The maximum atomic E-state index is 12.4. The van der Waals surface area contributed by atoms with Crippen LogP contribution < -0.4 is 26.2 Å². The van der Waals surface area contributed by atoms with E-state index < -0.39 is 0 Å². The van der Waals surface area contributed by atoms with Crippen molar-refractivity contribution in [2.45, 2.75) is 38.6 Å². The number of rotatable bonds is 5. The molecule has 5 rings (SSSR count). The number of hydrogen-bond acceptors (Lipinski definition) is 7. The van der Waals surface area contributed by atoms with Crippen LogP contribution in [-0.4, -0.2) is 53.2 Å². The quantitative estimate of drug-likeness (QED) is 0.475. The first-order chi connectivity index (χ1) is 16.1. The molecule has 3 heterocycles. The Hall–Kier alpha value is -3.46. The minimum absolute atomic E-state index is 0.217. The van der Waals surface area contributed by atoms with Crippen molar-refractivity contribution < 1.29 is 4.79 Å². The van der Waals surface area contributed by atoms with E-state index in [4.69, 9.17) is 0 Å². The van der Waals surface area contributed by atoms with E-state index in [1.54, 1.807) is 6.20 Å². The number of aromatic nitrogens is 3. The Bertz CT molecular complexity index is 1120. The average Bonchev–Trinajstić information content (AvgIpc) is 3.33. The van der Waals surface area contributed by atoms with Crippen LogP contribution in [0.1, 0.15) is 31.2 Å². The summed E-state index contributed by atoms with van der Waals surface area (Å²) < 4.78 is 0. The smallest absolute Gasteiger partial charge is 0.320 e. The highest BCUT2D eigenvalue weighted by Crippen LogP contribution is 2.23. The number of anilines is 4. The second-order valence-corrected chi connectivity index (χ2v) is 8.74. The summed E-state index contributed by atoms with van der Waals surface area (Å²) >= 11 is 0. The lowest BCUT2D eigenvalue weighted by molar-refractivity contribution is 0.248. The van der Waals surface area contributed by atoms with Crippen LogP contribution in [-0.2, 0) is 0 Å². The molecule has 3 aromatic rings. The summed E-state index contributed by atoms with van der Waals surface area (Å²) in [6.07, 6.45) is 6.18. The monoisotopic (exact) mass is 446 g/mol. The number of nitrogens with one attached hydrogen (secondary N) is 4. The Morgan fingerprint density at radius 1 is 1.09 bits per heavy atom. The lowest BCUT2D eigenvalue weighted by atomic mass is 10.2. The van der Waals surface area contributed by atoms with Crippen LogP contribution in [0.5, 0.6) is 0 Å². The summed E-state index contributed by atoms with van der Waals surface area (Å²) in [5, 5.41) is 13.4. The van der Waals surface area contributed by atoms with Gasteiger partial charge in [-0.15, -0.1) is 0 Å². The van der Waals surface area contributed by atoms with Crippen molar-refractivity contribution in [2.75, 3.05) is 41.7 Å². The fraction of sp³-hybridized carbons (Fsp3) is 0.417. The Morgan fingerprint density at radius 3 is 2.61 bits per heavy atom. The minimum atomic E-state index is -0.217. The van der Waals surface area contributed by atoms with Crippen LogP contribution >= 0.6 is 0 Å². The Balaban J connectivity index is 1.29. The zero-order chi connectivity index (χ0) is 22.6. The van der Waals surface area contributed by atoms with Crippen LogP contribution in [0.15, 0.2) is 36.5 Å². The number of amides is 2. The number of pyridine rings is 1. The van der Waals surface area contributed by atoms with Gasteiger partial charge in [-0.1, -0.05) is 12.8 Å². The first kappa shape index (κ1) is 21.4. The third-order valence-electron chi connectivity index (χ3n) is 6.31. The van der Waals surface area contributed by atoms with Crippen LogP contribution in [0.4, 0.5) is 27.9 Å². The van der Waals surface area contributed by atoms with Crippen LogP contribution in [0.2, 0.25) is 0 Å². The Morgan fingerprint density at radius 2 is 1.85 bits per heavy atom. The van der Waals surface area contributed by atoms with Gasteiger partial charge >= 0.3 is 6.03 Å². The zero-order valence-electron chi connectivity index (χ0n) is 18.9. The van der Waals surface area contributed by atoms with Crippen molar-refractivity contribution in [3.8, 4) is 0 Å². The topological polar surface area (TPSA) is 107 Å². The SMILES string of the molecule is Cc1cc(NC(=O)NC2CCCC2)nc2nc(Nc3ccc(N4CCNCC4)cc3)ncc12. The molecule has 0 atom stereocenters. The first-order valence-corrected chi connectivity index (χ1v) is 11.7. The van der Waals surface area contributed by atoms with E-state index in [2.05, 4.69) is 53.3 Å². The lowest BCUT2D eigenvalue weighted by Gasteiger charge is -2.29. The van der Waals surface area contributed by atoms with Gasteiger partial charge in [0.1, 0.15) is 5.82 Å². The number of hydrogen-bond donors (Lipinski definition) is 4. The van der Waals surface area contributed by atoms with Gasteiger partial charge in [0.25, 0.3) is 0 Å². The molecular weight excluding hydrogens is 416 g/mol. The molecule has 0 radical (unpaired) electrons. The summed E-state index contributed by atoms with van der Waals surface area (Å²) in [6, 6.07) is 10.2. The van der Waals surface area contributed by atoms with E-state index in [1.165, 1.54) is 18.5 Å². The van der Waals surface area contributed by atoms with E-state index in [9.17, 15) is 4.79 Å². The molecular formula is C24H30N8O. The number of aryl methyl sites for hydroxylation is 1. The van der Waals surface area contributed by atoms with Gasteiger partial charge in [-0.05, 0) is 55.7 Å². The molecule has 2 aromatic heterocycles. The molecule has 2 aliphatic rings. The van der Waals surface area contributed by atoms with Crippen LogP contribution in [0.3, 0.4) is 0 Å². The van der Waals surface area contributed by atoms with E-state index in [-0.39, 0.29) is 12.1 Å². The molecule has 172 valence electrons. The maximum absolute atomic E-state index is 12.4. The van der Waals surface area contributed by atoms with Crippen molar-refractivity contribution >= 4 is 40.2 Å². The van der Waals surface area contributed by atoms with Crippen molar-refractivity contribution in [1.82, 2.24) is 25.6 Å². The summed E-state index contributed by atoms with van der Waals surface area (Å²) in [4.78, 5) is 28.3. The summed E-state index contributed by atoms with van der Waals surface area (Å²) in [5.74, 6) is 0.956. The molecule has 4 N–H and O–H groups in total. The van der Waals surface area contributed by atoms with Gasteiger partial charge in [-0.3, -0.25) is 5.32 Å². The molecule has 0 unspecified atom stereocenters. The molecule has 2 amide bonds. The average molecular weight is 447 g/mol. The molecule has 1 saturated heterocycles. The molecule has 1 aromatic carbocycles. The number of fused-ring (bicyclic) bond motifs is 1. The lowest BCUT2D eigenvalue weighted by Crippen LogP contribution is -2.43. The highest BCUT2D eigenvalue weighted by molar-refractivity contribution is 5.90. The molecule has 9 nitrogen and oxygen atoms in total. The van der Waals surface area contributed by atoms with E-state index >= 15 is 0 Å². The van der Waals surface area contributed by atoms with Crippen molar-refractivity contribution in [3.63, 3.8) is 0 Å². The van der Waals surface area contributed by atoms with Crippen molar-refractivity contribution in [1.29, 1.82) is 0 Å². The normalized spacial score (nSPS) is 16.7.